The Morgan fingerprint density at radius 1 is 1.06 bits per heavy atom. The highest BCUT2D eigenvalue weighted by atomic mass is 32.2. The van der Waals surface area contributed by atoms with Crippen molar-refractivity contribution in [2.75, 3.05) is 24.6 Å². The summed E-state index contributed by atoms with van der Waals surface area (Å²) in [7, 11) is 0. The van der Waals surface area contributed by atoms with Crippen LogP contribution in [-0.2, 0) is 0 Å². The first-order valence-electron chi connectivity index (χ1n) is 7.98. The molecule has 4 atom stereocenters. The van der Waals surface area contributed by atoms with Gasteiger partial charge in [-0.05, 0) is 68.5 Å². The van der Waals surface area contributed by atoms with E-state index >= 15 is 0 Å². The lowest BCUT2D eigenvalue weighted by molar-refractivity contribution is 0.253. The van der Waals surface area contributed by atoms with Crippen molar-refractivity contribution in [2.24, 2.45) is 11.8 Å². The highest BCUT2D eigenvalue weighted by Crippen LogP contribution is 2.32. The molecule has 4 unspecified atom stereocenters. The second-order valence-electron chi connectivity index (χ2n) is 6.40. The maximum atomic E-state index is 3.92. The van der Waals surface area contributed by atoms with E-state index < -0.39 is 0 Å². The van der Waals surface area contributed by atoms with Crippen LogP contribution in [0.15, 0.2) is 0 Å². The Morgan fingerprint density at radius 2 is 2.06 bits per heavy atom. The molecule has 2 N–H and O–H groups in total. The number of hydrogen-bond donors (Lipinski definition) is 2. The smallest absolute Gasteiger partial charge is 0.0110 e. The quantitative estimate of drug-likeness (QED) is 0.820. The van der Waals surface area contributed by atoms with Crippen LogP contribution in [0.5, 0.6) is 0 Å². The van der Waals surface area contributed by atoms with Crippen LogP contribution in [0, 0.1) is 11.8 Å². The van der Waals surface area contributed by atoms with Crippen molar-refractivity contribution < 1.29 is 0 Å². The van der Waals surface area contributed by atoms with Gasteiger partial charge in [-0.1, -0.05) is 12.8 Å². The highest BCUT2D eigenvalue weighted by molar-refractivity contribution is 7.99. The molecule has 2 saturated heterocycles. The van der Waals surface area contributed by atoms with Crippen molar-refractivity contribution in [2.45, 2.75) is 57.0 Å². The minimum atomic E-state index is 0.811. The first-order chi connectivity index (χ1) is 8.93. The lowest BCUT2D eigenvalue weighted by Crippen LogP contribution is -2.47. The third-order valence-electron chi connectivity index (χ3n) is 5.13. The van der Waals surface area contributed by atoms with Gasteiger partial charge < -0.3 is 10.6 Å². The number of hydrogen-bond acceptors (Lipinski definition) is 3. The van der Waals surface area contributed by atoms with E-state index in [0.29, 0.717) is 0 Å². The molecule has 18 heavy (non-hydrogen) atoms. The summed E-state index contributed by atoms with van der Waals surface area (Å²) in [5, 5.41) is 7.69. The molecule has 104 valence electrons. The molecule has 2 heterocycles. The van der Waals surface area contributed by atoms with E-state index in [1.165, 1.54) is 69.5 Å². The van der Waals surface area contributed by atoms with Gasteiger partial charge in [-0.2, -0.15) is 11.8 Å². The molecular weight excluding hydrogens is 240 g/mol. The van der Waals surface area contributed by atoms with E-state index in [0.717, 1.165) is 23.9 Å². The predicted molar refractivity (Wildman–Crippen MR) is 80.2 cm³/mol. The first-order valence-corrected chi connectivity index (χ1v) is 9.13. The largest absolute Gasteiger partial charge is 0.314 e. The minimum absolute atomic E-state index is 0.811. The first kappa shape index (κ1) is 13.3. The number of rotatable bonds is 4. The normalized spacial score (nSPS) is 41.3. The molecule has 0 aromatic carbocycles. The van der Waals surface area contributed by atoms with Gasteiger partial charge in [0.25, 0.3) is 0 Å². The van der Waals surface area contributed by atoms with E-state index in [1.807, 2.05) is 0 Å². The summed E-state index contributed by atoms with van der Waals surface area (Å²) in [5.74, 6) is 4.66. The number of piperidine rings is 1. The van der Waals surface area contributed by atoms with Crippen molar-refractivity contribution in [3.05, 3.63) is 0 Å². The van der Waals surface area contributed by atoms with Gasteiger partial charge in [0.2, 0.25) is 0 Å². The molecule has 1 aliphatic carbocycles. The lowest BCUT2D eigenvalue weighted by Gasteiger charge is -2.33. The summed E-state index contributed by atoms with van der Waals surface area (Å²) >= 11 is 2.14. The van der Waals surface area contributed by atoms with Gasteiger partial charge in [0.1, 0.15) is 0 Å². The fourth-order valence-corrected chi connectivity index (χ4v) is 5.31. The van der Waals surface area contributed by atoms with Gasteiger partial charge in [-0.25, -0.2) is 0 Å². The Kier molecular flexibility index (Phi) is 4.88. The molecule has 3 aliphatic rings. The zero-order valence-corrected chi connectivity index (χ0v) is 12.3. The Balaban J connectivity index is 1.47. The van der Waals surface area contributed by atoms with E-state index in [-0.39, 0.29) is 0 Å². The highest BCUT2D eigenvalue weighted by Gasteiger charge is 2.34. The van der Waals surface area contributed by atoms with E-state index in [9.17, 15) is 0 Å². The molecular formula is C15H28N2S. The zero-order chi connectivity index (χ0) is 12.2. The summed E-state index contributed by atoms with van der Waals surface area (Å²) in [6.45, 7) is 2.54. The molecule has 0 bridgehead atoms. The lowest BCUT2D eigenvalue weighted by atomic mass is 9.88. The van der Waals surface area contributed by atoms with E-state index in [2.05, 4.69) is 22.4 Å². The molecule has 3 rings (SSSR count). The van der Waals surface area contributed by atoms with Crippen LogP contribution < -0.4 is 10.6 Å². The molecule has 0 aromatic rings. The second kappa shape index (κ2) is 6.62. The molecule has 2 nitrogen and oxygen atoms in total. The summed E-state index contributed by atoms with van der Waals surface area (Å²) in [5.41, 5.74) is 0. The monoisotopic (exact) mass is 268 g/mol. The molecule has 0 amide bonds. The fourth-order valence-electron chi connectivity index (χ4n) is 4.03. The SMILES string of the molecule is C1CCC(C2CCCC2NCC2CCSC2)NC1. The molecule has 3 fully saturated rings. The van der Waals surface area contributed by atoms with Crippen LogP contribution in [0.4, 0.5) is 0 Å². The van der Waals surface area contributed by atoms with Crippen LogP contribution in [0.2, 0.25) is 0 Å². The molecule has 1 saturated carbocycles. The van der Waals surface area contributed by atoms with Gasteiger partial charge in [-0.3, -0.25) is 0 Å². The van der Waals surface area contributed by atoms with Crippen molar-refractivity contribution in [3.8, 4) is 0 Å². The van der Waals surface area contributed by atoms with Crippen LogP contribution in [0.25, 0.3) is 0 Å². The van der Waals surface area contributed by atoms with Crippen LogP contribution in [0.1, 0.15) is 44.9 Å². The average molecular weight is 268 g/mol. The standard InChI is InChI=1S/C15H28N2S/c1-2-8-16-14(5-1)13-4-3-6-15(13)17-10-12-7-9-18-11-12/h12-17H,1-11H2. The summed E-state index contributed by atoms with van der Waals surface area (Å²) in [6.07, 6.45) is 10.0. The summed E-state index contributed by atoms with van der Waals surface area (Å²) < 4.78 is 0. The molecule has 0 radical (unpaired) electrons. The topological polar surface area (TPSA) is 24.1 Å². The van der Waals surface area contributed by atoms with Crippen molar-refractivity contribution in [3.63, 3.8) is 0 Å². The molecule has 2 aliphatic heterocycles. The Morgan fingerprint density at radius 3 is 2.83 bits per heavy atom. The predicted octanol–water partition coefficient (Wildman–Crippen LogP) is 2.64. The van der Waals surface area contributed by atoms with Gasteiger partial charge in [0.05, 0.1) is 0 Å². The van der Waals surface area contributed by atoms with Crippen molar-refractivity contribution in [1.82, 2.24) is 10.6 Å². The summed E-state index contributed by atoms with van der Waals surface area (Å²) in [6, 6.07) is 1.63. The average Bonchev–Trinajstić information content (AvgIpc) is 3.09. The van der Waals surface area contributed by atoms with Gasteiger partial charge in [0.15, 0.2) is 0 Å². The van der Waals surface area contributed by atoms with Gasteiger partial charge in [0, 0.05) is 12.1 Å². The third kappa shape index (κ3) is 3.23. The van der Waals surface area contributed by atoms with Gasteiger partial charge in [-0.15, -0.1) is 0 Å². The zero-order valence-electron chi connectivity index (χ0n) is 11.5. The van der Waals surface area contributed by atoms with Crippen LogP contribution >= 0.6 is 11.8 Å². The Hall–Kier alpha value is 0.270. The fraction of sp³-hybridized carbons (Fsp3) is 1.00. The molecule has 3 heteroatoms. The molecule has 0 aromatic heterocycles. The number of thioether (sulfide) groups is 1. The Bertz CT molecular complexity index is 247. The second-order valence-corrected chi connectivity index (χ2v) is 7.55. The maximum Gasteiger partial charge on any atom is 0.0110 e. The van der Waals surface area contributed by atoms with Crippen LogP contribution in [-0.4, -0.2) is 36.7 Å². The van der Waals surface area contributed by atoms with Gasteiger partial charge >= 0.3 is 0 Å². The van der Waals surface area contributed by atoms with E-state index in [4.69, 9.17) is 0 Å². The van der Waals surface area contributed by atoms with Crippen molar-refractivity contribution in [1.29, 1.82) is 0 Å². The Labute approximate surface area is 116 Å². The minimum Gasteiger partial charge on any atom is -0.314 e. The van der Waals surface area contributed by atoms with E-state index in [1.54, 1.807) is 0 Å². The number of nitrogens with one attached hydrogen (secondary N) is 2. The van der Waals surface area contributed by atoms with Crippen LogP contribution in [0.3, 0.4) is 0 Å². The third-order valence-corrected chi connectivity index (χ3v) is 6.36. The maximum absolute atomic E-state index is 3.92. The molecule has 0 spiro atoms. The van der Waals surface area contributed by atoms with Crippen molar-refractivity contribution >= 4 is 11.8 Å². The summed E-state index contributed by atoms with van der Waals surface area (Å²) in [4.78, 5) is 0.